The molecule has 1 aliphatic rings. The van der Waals surface area contributed by atoms with Crippen molar-refractivity contribution in [2.45, 2.75) is 46.0 Å². The van der Waals surface area contributed by atoms with Crippen molar-refractivity contribution in [2.75, 3.05) is 11.9 Å². The first-order valence-corrected chi connectivity index (χ1v) is 7.98. The summed E-state index contributed by atoms with van der Waals surface area (Å²) in [6, 6.07) is 3.90. The molecular weight excluding hydrogens is 266 g/mol. The van der Waals surface area contributed by atoms with Crippen LogP contribution in [0.2, 0.25) is 0 Å². The summed E-state index contributed by atoms with van der Waals surface area (Å²) >= 11 is 5.08. The second-order valence-electron chi connectivity index (χ2n) is 6.07. The van der Waals surface area contributed by atoms with E-state index >= 15 is 0 Å². The summed E-state index contributed by atoms with van der Waals surface area (Å²) in [7, 11) is 0. The average Bonchev–Trinajstić information content (AvgIpc) is 2.38. The molecule has 3 N–H and O–H groups in total. The van der Waals surface area contributed by atoms with Gasteiger partial charge >= 0.3 is 0 Å². The van der Waals surface area contributed by atoms with Crippen LogP contribution in [0.5, 0.6) is 0 Å². The standard InChI is InChI=1S/C16H25N3S/c1-11-4-3-5-13(10-11)8-9-18-16-14(15(17)20)7-6-12(2)19-16/h6-7,11,13H,3-5,8-10H2,1-2H3,(H2,17,20)(H,18,19). The van der Waals surface area contributed by atoms with Crippen LogP contribution in [-0.4, -0.2) is 16.5 Å². The molecule has 1 aromatic rings. The van der Waals surface area contributed by atoms with Crippen molar-refractivity contribution in [3.63, 3.8) is 0 Å². The van der Waals surface area contributed by atoms with Crippen molar-refractivity contribution in [1.29, 1.82) is 0 Å². The highest BCUT2D eigenvalue weighted by molar-refractivity contribution is 7.80. The number of nitrogens with one attached hydrogen (secondary N) is 1. The summed E-state index contributed by atoms with van der Waals surface area (Å²) in [6.07, 6.45) is 6.72. The zero-order valence-corrected chi connectivity index (χ0v) is 13.3. The molecule has 1 saturated carbocycles. The van der Waals surface area contributed by atoms with Crippen molar-refractivity contribution < 1.29 is 0 Å². The van der Waals surface area contributed by atoms with Crippen LogP contribution >= 0.6 is 12.2 Å². The Morgan fingerprint density at radius 2 is 2.25 bits per heavy atom. The van der Waals surface area contributed by atoms with Gasteiger partial charge in [0.25, 0.3) is 0 Å². The average molecular weight is 291 g/mol. The highest BCUT2D eigenvalue weighted by Crippen LogP contribution is 2.30. The molecular formula is C16H25N3S. The van der Waals surface area contributed by atoms with Crippen LogP contribution in [0.4, 0.5) is 5.82 Å². The minimum absolute atomic E-state index is 0.409. The topological polar surface area (TPSA) is 50.9 Å². The van der Waals surface area contributed by atoms with Crippen LogP contribution in [0.25, 0.3) is 0 Å². The van der Waals surface area contributed by atoms with E-state index in [1.807, 2.05) is 19.1 Å². The molecule has 3 nitrogen and oxygen atoms in total. The predicted molar refractivity (Wildman–Crippen MR) is 89.1 cm³/mol. The second-order valence-corrected chi connectivity index (χ2v) is 6.51. The quantitative estimate of drug-likeness (QED) is 0.813. The highest BCUT2D eigenvalue weighted by Gasteiger charge is 2.18. The first kappa shape index (κ1) is 15.2. The van der Waals surface area contributed by atoms with Gasteiger partial charge in [-0.25, -0.2) is 4.98 Å². The van der Waals surface area contributed by atoms with E-state index in [2.05, 4.69) is 17.2 Å². The van der Waals surface area contributed by atoms with Gasteiger partial charge in [-0.2, -0.15) is 0 Å². The summed E-state index contributed by atoms with van der Waals surface area (Å²) in [5, 5.41) is 3.42. The van der Waals surface area contributed by atoms with E-state index in [9.17, 15) is 0 Å². The van der Waals surface area contributed by atoms with Crippen LogP contribution in [0.1, 0.15) is 50.3 Å². The van der Waals surface area contributed by atoms with Gasteiger partial charge in [0.05, 0.1) is 5.56 Å². The maximum atomic E-state index is 5.75. The van der Waals surface area contributed by atoms with Crippen molar-refractivity contribution in [2.24, 2.45) is 17.6 Å². The lowest BCUT2D eigenvalue weighted by atomic mass is 9.81. The minimum atomic E-state index is 0.409. The maximum Gasteiger partial charge on any atom is 0.136 e. The van der Waals surface area contributed by atoms with Gasteiger partial charge < -0.3 is 11.1 Å². The SMILES string of the molecule is Cc1ccc(C(N)=S)c(NCCC2CCCC(C)C2)n1. The third-order valence-corrected chi connectivity index (χ3v) is 4.41. The number of anilines is 1. The zero-order chi connectivity index (χ0) is 14.5. The lowest BCUT2D eigenvalue weighted by molar-refractivity contribution is 0.274. The van der Waals surface area contributed by atoms with Crippen LogP contribution in [0.3, 0.4) is 0 Å². The number of pyridine rings is 1. The Morgan fingerprint density at radius 1 is 1.45 bits per heavy atom. The Kier molecular flexibility index (Phi) is 5.35. The summed E-state index contributed by atoms with van der Waals surface area (Å²) in [4.78, 5) is 4.92. The van der Waals surface area contributed by atoms with Crippen molar-refractivity contribution in [3.05, 3.63) is 23.4 Å². The van der Waals surface area contributed by atoms with E-state index in [-0.39, 0.29) is 0 Å². The van der Waals surface area contributed by atoms with E-state index in [0.717, 1.165) is 35.5 Å². The Morgan fingerprint density at radius 3 is 2.95 bits per heavy atom. The number of nitrogens with two attached hydrogens (primary N) is 1. The van der Waals surface area contributed by atoms with E-state index in [1.54, 1.807) is 0 Å². The van der Waals surface area contributed by atoms with Crippen LogP contribution in [0.15, 0.2) is 12.1 Å². The van der Waals surface area contributed by atoms with E-state index in [4.69, 9.17) is 18.0 Å². The number of thiocarbonyl (C=S) groups is 1. The van der Waals surface area contributed by atoms with Crippen LogP contribution in [-0.2, 0) is 0 Å². The Balaban J connectivity index is 1.90. The van der Waals surface area contributed by atoms with Crippen LogP contribution in [0, 0.1) is 18.8 Å². The van der Waals surface area contributed by atoms with Gasteiger partial charge in [-0.05, 0) is 43.7 Å². The minimum Gasteiger partial charge on any atom is -0.389 e. The summed E-state index contributed by atoms with van der Waals surface area (Å²) < 4.78 is 0. The molecule has 0 aromatic carbocycles. The molecule has 4 heteroatoms. The lowest BCUT2D eigenvalue weighted by Crippen LogP contribution is -2.19. The largest absolute Gasteiger partial charge is 0.389 e. The number of hydrogen-bond acceptors (Lipinski definition) is 3. The van der Waals surface area contributed by atoms with Gasteiger partial charge in [-0.1, -0.05) is 38.4 Å². The van der Waals surface area contributed by atoms with Gasteiger partial charge in [0.1, 0.15) is 10.8 Å². The Hall–Kier alpha value is -1.16. The Labute approximate surface area is 127 Å². The second kappa shape index (κ2) is 7.02. The number of hydrogen-bond donors (Lipinski definition) is 2. The summed E-state index contributed by atoms with van der Waals surface area (Å²) in [5.74, 6) is 2.57. The molecule has 110 valence electrons. The molecule has 1 aromatic heterocycles. The number of nitrogens with zero attached hydrogens (tertiary/aromatic N) is 1. The molecule has 0 spiro atoms. The van der Waals surface area contributed by atoms with E-state index in [0.29, 0.717) is 4.99 Å². The normalized spacial score (nSPS) is 22.5. The number of rotatable bonds is 5. The predicted octanol–water partition coefficient (Wildman–Crippen LogP) is 3.65. The first-order chi connectivity index (χ1) is 9.56. The monoisotopic (exact) mass is 291 g/mol. The third kappa shape index (κ3) is 4.17. The van der Waals surface area contributed by atoms with E-state index in [1.165, 1.54) is 32.1 Å². The molecule has 20 heavy (non-hydrogen) atoms. The lowest BCUT2D eigenvalue weighted by Gasteiger charge is -2.26. The van der Waals surface area contributed by atoms with Gasteiger partial charge in [-0.15, -0.1) is 0 Å². The fraction of sp³-hybridized carbons (Fsp3) is 0.625. The molecule has 1 fully saturated rings. The van der Waals surface area contributed by atoms with Gasteiger partial charge in [0, 0.05) is 12.2 Å². The summed E-state index contributed by atoms with van der Waals surface area (Å²) in [5.41, 5.74) is 7.58. The van der Waals surface area contributed by atoms with Gasteiger partial charge in [0.15, 0.2) is 0 Å². The van der Waals surface area contributed by atoms with Crippen molar-refractivity contribution in [3.8, 4) is 0 Å². The molecule has 0 amide bonds. The Bertz CT molecular complexity index is 473. The smallest absolute Gasteiger partial charge is 0.136 e. The molecule has 1 aliphatic carbocycles. The fourth-order valence-electron chi connectivity index (χ4n) is 3.11. The summed E-state index contributed by atoms with van der Waals surface area (Å²) in [6.45, 7) is 5.30. The number of aromatic nitrogens is 1. The molecule has 0 bridgehead atoms. The molecule has 0 saturated heterocycles. The molecule has 2 atom stereocenters. The van der Waals surface area contributed by atoms with Crippen molar-refractivity contribution in [1.82, 2.24) is 4.98 Å². The third-order valence-electron chi connectivity index (χ3n) is 4.19. The van der Waals surface area contributed by atoms with Crippen LogP contribution < -0.4 is 11.1 Å². The first-order valence-electron chi connectivity index (χ1n) is 7.57. The molecule has 0 radical (unpaired) electrons. The van der Waals surface area contributed by atoms with Crippen molar-refractivity contribution >= 4 is 23.0 Å². The van der Waals surface area contributed by atoms with E-state index < -0.39 is 0 Å². The van der Waals surface area contributed by atoms with Gasteiger partial charge in [0.2, 0.25) is 0 Å². The zero-order valence-electron chi connectivity index (χ0n) is 12.5. The fourth-order valence-corrected chi connectivity index (χ4v) is 3.27. The maximum absolute atomic E-state index is 5.75. The molecule has 2 rings (SSSR count). The van der Waals surface area contributed by atoms with Gasteiger partial charge in [-0.3, -0.25) is 0 Å². The number of aryl methyl sites for hydroxylation is 1. The highest BCUT2D eigenvalue weighted by atomic mass is 32.1. The molecule has 2 unspecified atom stereocenters. The molecule has 0 aliphatic heterocycles. The molecule has 1 heterocycles.